The lowest BCUT2D eigenvalue weighted by Gasteiger charge is -2.31. The molecule has 0 amide bonds. The second-order valence-electron chi connectivity index (χ2n) is 6.51. The zero-order valence-corrected chi connectivity index (χ0v) is 14.7. The highest BCUT2D eigenvalue weighted by Crippen LogP contribution is 2.31. The van der Waals surface area contributed by atoms with Crippen LogP contribution in [0.25, 0.3) is 11.1 Å². The van der Waals surface area contributed by atoms with Crippen molar-refractivity contribution in [3.8, 4) is 0 Å². The van der Waals surface area contributed by atoms with Gasteiger partial charge >= 0.3 is 6.18 Å². The van der Waals surface area contributed by atoms with Gasteiger partial charge in [0.2, 0.25) is 5.89 Å². The van der Waals surface area contributed by atoms with E-state index in [9.17, 15) is 13.2 Å². The van der Waals surface area contributed by atoms with Crippen LogP contribution in [0.4, 0.5) is 13.2 Å². The molecule has 6 nitrogen and oxygen atoms in total. The van der Waals surface area contributed by atoms with Crippen LogP contribution in [0.3, 0.4) is 0 Å². The Morgan fingerprint density at radius 3 is 2.89 bits per heavy atom. The highest BCUT2D eigenvalue weighted by molar-refractivity contribution is 5.73. The predicted molar refractivity (Wildman–Crippen MR) is 90.9 cm³/mol. The predicted octanol–water partition coefficient (Wildman–Crippen LogP) is 3.64. The van der Waals surface area contributed by atoms with Gasteiger partial charge in [-0.1, -0.05) is 0 Å². The minimum atomic E-state index is -4.40. The number of benzene rings is 1. The number of halogens is 3. The summed E-state index contributed by atoms with van der Waals surface area (Å²) in [7, 11) is 0. The topological polar surface area (TPSA) is 56.3 Å². The van der Waals surface area contributed by atoms with Crippen LogP contribution < -0.4 is 0 Å². The van der Waals surface area contributed by atoms with E-state index in [0.717, 1.165) is 24.2 Å². The molecular formula is C18H19F3N4O2. The fourth-order valence-electron chi connectivity index (χ4n) is 3.18. The van der Waals surface area contributed by atoms with Gasteiger partial charge in [0.1, 0.15) is 5.52 Å². The van der Waals surface area contributed by atoms with Gasteiger partial charge < -0.3 is 9.15 Å². The monoisotopic (exact) mass is 380 g/mol. The number of nitrogens with zero attached hydrogens (tertiary/aromatic N) is 4. The highest BCUT2D eigenvalue weighted by Gasteiger charge is 2.31. The molecule has 4 rings (SSSR count). The summed E-state index contributed by atoms with van der Waals surface area (Å²) in [5.41, 5.74) is 0.851. The fourth-order valence-corrected chi connectivity index (χ4v) is 3.18. The highest BCUT2D eigenvalue weighted by atomic mass is 19.4. The molecule has 0 saturated carbocycles. The molecular weight excluding hydrogens is 361 g/mol. The number of morpholine rings is 1. The largest absolute Gasteiger partial charge is 0.439 e. The standard InChI is InChI=1S/C18H19F3N4O2/c1-2-25-9-12(8-22-25)16-10-24(5-6-26-16)11-17-23-14-7-13(18(19,20)21)3-4-15(14)27-17/h3-4,7-9,16H,2,5-6,10-11H2,1H3. The molecule has 3 aromatic rings. The van der Waals surface area contributed by atoms with Crippen LogP contribution >= 0.6 is 0 Å². The molecule has 0 spiro atoms. The first kappa shape index (κ1) is 18.0. The number of aryl methyl sites for hydroxylation is 1. The average molecular weight is 380 g/mol. The van der Waals surface area contributed by atoms with Crippen molar-refractivity contribution < 1.29 is 22.3 Å². The maximum absolute atomic E-state index is 12.8. The van der Waals surface area contributed by atoms with E-state index in [-0.39, 0.29) is 11.6 Å². The van der Waals surface area contributed by atoms with Gasteiger partial charge in [-0.15, -0.1) is 0 Å². The summed E-state index contributed by atoms with van der Waals surface area (Å²) >= 11 is 0. The fraction of sp³-hybridized carbons (Fsp3) is 0.444. The molecule has 0 bridgehead atoms. The summed E-state index contributed by atoms with van der Waals surface area (Å²) in [5, 5.41) is 4.27. The van der Waals surface area contributed by atoms with Crippen molar-refractivity contribution in [2.24, 2.45) is 0 Å². The van der Waals surface area contributed by atoms with Crippen LogP contribution in [-0.4, -0.2) is 39.4 Å². The van der Waals surface area contributed by atoms with Crippen LogP contribution in [0, 0.1) is 0 Å². The Balaban J connectivity index is 1.48. The van der Waals surface area contributed by atoms with Gasteiger partial charge in [-0.3, -0.25) is 9.58 Å². The van der Waals surface area contributed by atoms with Gasteiger partial charge in [0, 0.05) is 31.4 Å². The van der Waals surface area contributed by atoms with Crippen molar-refractivity contribution in [2.75, 3.05) is 19.7 Å². The number of hydrogen-bond acceptors (Lipinski definition) is 5. The first-order valence-electron chi connectivity index (χ1n) is 8.75. The lowest BCUT2D eigenvalue weighted by atomic mass is 10.1. The molecule has 2 aromatic heterocycles. The molecule has 1 atom stereocenters. The quantitative estimate of drug-likeness (QED) is 0.692. The Bertz CT molecular complexity index is 934. The number of fused-ring (bicyclic) bond motifs is 1. The Morgan fingerprint density at radius 2 is 2.15 bits per heavy atom. The van der Waals surface area contributed by atoms with E-state index in [0.29, 0.717) is 37.7 Å². The van der Waals surface area contributed by atoms with E-state index in [1.807, 2.05) is 17.8 Å². The number of aromatic nitrogens is 3. The van der Waals surface area contributed by atoms with Gasteiger partial charge in [0.15, 0.2) is 5.58 Å². The maximum atomic E-state index is 12.8. The van der Waals surface area contributed by atoms with Crippen molar-refractivity contribution >= 4 is 11.1 Å². The van der Waals surface area contributed by atoms with E-state index in [2.05, 4.69) is 15.0 Å². The summed E-state index contributed by atoms with van der Waals surface area (Å²) < 4.78 is 51.8. The molecule has 1 saturated heterocycles. The summed E-state index contributed by atoms with van der Waals surface area (Å²) in [6, 6.07) is 3.34. The summed E-state index contributed by atoms with van der Waals surface area (Å²) in [6.45, 7) is 5.12. The summed E-state index contributed by atoms with van der Waals surface area (Å²) in [6.07, 6.45) is -0.726. The Morgan fingerprint density at radius 1 is 1.30 bits per heavy atom. The Kier molecular flexibility index (Phi) is 4.65. The molecule has 1 aliphatic heterocycles. The van der Waals surface area contributed by atoms with Crippen molar-refractivity contribution in [1.82, 2.24) is 19.7 Å². The number of rotatable bonds is 4. The molecule has 1 unspecified atom stereocenters. The van der Waals surface area contributed by atoms with Gasteiger partial charge in [-0.25, -0.2) is 4.98 Å². The van der Waals surface area contributed by atoms with Crippen LogP contribution in [0.15, 0.2) is 35.0 Å². The first-order valence-corrected chi connectivity index (χ1v) is 8.75. The molecule has 0 N–H and O–H groups in total. The number of ether oxygens (including phenoxy) is 1. The van der Waals surface area contributed by atoms with Crippen LogP contribution in [0.1, 0.15) is 30.0 Å². The zero-order valence-electron chi connectivity index (χ0n) is 14.7. The van der Waals surface area contributed by atoms with E-state index < -0.39 is 11.7 Å². The lowest BCUT2D eigenvalue weighted by molar-refractivity contribution is -0.137. The van der Waals surface area contributed by atoms with Crippen LogP contribution in [-0.2, 0) is 24.0 Å². The molecule has 0 radical (unpaired) electrons. The average Bonchev–Trinajstić information content (AvgIpc) is 3.26. The molecule has 3 heterocycles. The van der Waals surface area contributed by atoms with Crippen molar-refractivity contribution in [1.29, 1.82) is 0 Å². The Hall–Kier alpha value is -2.39. The second-order valence-corrected chi connectivity index (χ2v) is 6.51. The molecule has 1 aliphatic rings. The third-order valence-electron chi connectivity index (χ3n) is 4.62. The van der Waals surface area contributed by atoms with Gasteiger partial charge in [0.25, 0.3) is 0 Å². The SMILES string of the molecule is CCn1cc(C2CN(Cc3nc4cc(C(F)(F)F)ccc4o3)CCO2)cn1. The van der Waals surface area contributed by atoms with E-state index in [4.69, 9.17) is 9.15 Å². The normalized spacial score (nSPS) is 19.0. The van der Waals surface area contributed by atoms with Crippen molar-refractivity contribution in [3.05, 3.63) is 47.6 Å². The molecule has 1 fully saturated rings. The van der Waals surface area contributed by atoms with Crippen LogP contribution in [0.2, 0.25) is 0 Å². The van der Waals surface area contributed by atoms with Crippen LogP contribution in [0.5, 0.6) is 0 Å². The maximum Gasteiger partial charge on any atom is 0.416 e. The second kappa shape index (κ2) is 6.97. The zero-order chi connectivity index (χ0) is 19.0. The van der Waals surface area contributed by atoms with Gasteiger partial charge in [-0.05, 0) is 25.1 Å². The number of alkyl halides is 3. The minimum absolute atomic E-state index is 0.0970. The third-order valence-corrected chi connectivity index (χ3v) is 4.62. The first-order chi connectivity index (χ1) is 12.9. The van der Waals surface area contributed by atoms with E-state index in [1.165, 1.54) is 6.07 Å². The van der Waals surface area contributed by atoms with E-state index >= 15 is 0 Å². The van der Waals surface area contributed by atoms with Crippen molar-refractivity contribution in [3.63, 3.8) is 0 Å². The van der Waals surface area contributed by atoms with Gasteiger partial charge in [0.05, 0.1) is 31.0 Å². The molecule has 1 aromatic carbocycles. The number of oxazole rings is 1. The van der Waals surface area contributed by atoms with Crippen molar-refractivity contribution in [2.45, 2.75) is 32.3 Å². The summed E-state index contributed by atoms with van der Waals surface area (Å²) in [4.78, 5) is 6.35. The minimum Gasteiger partial charge on any atom is -0.439 e. The molecule has 27 heavy (non-hydrogen) atoms. The Labute approximate surface area is 153 Å². The smallest absolute Gasteiger partial charge is 0.416 e. The molecule has 0 aliphatic carbocycles. The summed E-state index contributed by atoms with van der Waals surface area (Å²) in [5.74, 6) is 0.397. The molecule has 144 valence electrons. The third kappa shape index (κ3) is 3.84. The van der Waals surface area contributed by atoms with E-state index in [1.54, 1.807) is 6.20 Å². The van der Waals surface area contributed by atoms with Gasteiger partial charge in [-0.2, -0.15) is 18.3 Å². The lowest BCUT2D eigenvalue weighted by Crippen LogP contribution is -2.37. The number of hydrogen-bond donors (Lipinski definition) is 0. The molecule has 9 heteroatoms.